The molecule has 0 spiro atoms. The molecule has 1 unspecified atom stereocenters. The van der Waals surface area contributed by atoms with E-state index in [1.54, 1.807) is 24.3 Å². The van der Waals surface area contributed by atoms with Crippen LogP contribution >= 0.6 is 11.6 Å². The maximum absolute atomic E-state index is 13.3. The van der Waals surface area contributed by atoms with E-state index in [9.17, 15) is 22.4 Å². The van der Waals surface area contributed by atoms with Gasteiger partial charge >= 0.3 is 6.18 Å². The predicted molar refractivity (Wildman–Crippen MR) is 101 cm³/mol. The first-order valence-corrected chi connectivity index (χ1v) is 8.95. The Morgan fingerprint density at radius 3 is 2.24 bits per heavy atom. The van der Waals surface area contributed by atoms with Gasteiger partial charge in [0.1, 0.15) is 11.5 Å². The van der Waals surface area contributed by atoms with E-state index in [4.69, 9.17) is 11.6 Å². The first kappa shape index (κ1) is 20.8. The molecule has 2 aromatic carbocycles. The van der Waals surface area contributed by atoms with Gasteiger partial charge in [0.25, 0.3) is 5.91 Å². The molecule has 0 bridgehead atoms. The molecule has 0 radical (unpaired) electrons. The quantitative estimate of drug-likeness (QED) is 0.555. The molecular formula is C21H15ClF4N2O. The zero-order valence-corrected chi connectivity index (χ0v) is 15.6. The summed E-state index contributed by atoms with van der Waals surface area (Å²) >= 11 is 6.03. The van der Waals surface area contributed by atoms with Crippen LogP contribution in [0.25, 0.3) is 0 Å². The van der Waals surface area contributed by atoms with Crippen LogP contribution in [0.15, 0.2) is 66.9 Å². The normalized spacial score (nSPS) is 12.4. The highest BCUT2D eigenvalue weighted by molar-refractivity contribution is 6.33. The number of pyridine rings is 1. The summed E-state index contributed by atoms with van der Waals surface area (Å²) in [7, 11) is 0. The SMILES string of the molecule is O=C(NCC(c1ccc(F)cc1)c1ccc(C(F)(F)F)nc1)c1ccccc1Cl. The van der Waals surface area contributed by atoms with Crippen molar-refractivity contribution < 1.29 is 22.4 Å². The van der Waals surface area contributed by atoms with E-state index in [1.165, 1.54) is 30.3 Å². The van der Waals surface area contributed by atoms with Gasteiger partial charge in [-0.1, -0.05) is 41.9 Å². The van der Waals surface area contributed by atoms with Gasteiger partial charge in [-0.05, 0) is 41.5 Å². The van der Waals surface area contributed by atoms with Crippen LogP contribution < -0.4 is 5.32 Å². The number of carbonyl (C=O) groups excluding carboxylic acids is 1. The summed E-state index contributed by atoms with van der Waals surface area (Å²) in [6.07, 6.45) is -3.44. The Morgan fingerprint density at radius 1 is 1.00 bits per heavy atom. The van der Waals surface area contributed by atoms with E-state index >= 15 is 0 Å². The van der Waals surface area contributed by atoms with E-state index < -0.39 is 29.5 Å². The molecule has 0 fully saturated rings. The summed E-state index contributed by atoms with van der Waals surface area (Å²) < 4.78 is 51.7. The maximum Gasteiger partial charge on any atom is 0.433 e. The van der Waals surface area contributed by atoms with Crippen molar-refractivity contribution in [3.05, 3.63) is 100 Å². The Labute approximate surface area is 169 Å². The fourth-order valence-corrected chi connectivity index (χ4v) is 3.06. The maximum atomic E-state index is 13.3. The zero-order valence-electron chi connectivity index (χ0n) is 14.9. The highest BCUT2D eigenvalue weighted by Gasteiger charge is 2.32. The number of nitrogens with zero attached hydrogens (tertiary/aromatic N) is 1. The van der Waals surface area contributed by atoms with Crippen LogP contribution in [0.2, 0.25) is 5.02 Å². The van der Waals surface area contributed by atoms with E-state index in [0.717, 1.165) is 12.3 Å². The minimum absolute atomic E-state index is 0.0583. The summed E-state index contributed by atoms with van der Waals surface area (Å²) in [5, 5.41) is 3.01. The van der Waals surface area contributed by atoms with Crippen LogP contribution in [0, 0.1) is 5.82 Å². The zero-order chi connectivity index (χ0) is 21.0. The smallest absolute Gasteiger partial charge is 0.351 e. The van der Waals surface area contributed by atoms with Crippen LogP contribution in [-0.4, -0.2) is 17.4 Å². The fourth-order valence-electron chi connectivity index (χ4n) is 2.84. The molecule has 0 aliphatic heterocycles. The van der Waals surface area contributed by atoms with Crippen molar-refractivity contribution in [1.29, 1.82) is 0 Å². The van der Waals surface area contributed by atoms with Crippen molar-refractivity contribution in [2.45, 2.75) is 12.1 Å². The molecule has 150 valence electrons. The molecule has 1 heterocycles. The molecule has 1 atom stereocenters. The Kier molecular flexibility index (Phi) is 6.17. The van der Waals surface area contributed by atoms with Crippen molar-refractivity contribution in [1.82, 2.24) is 10.3 Å². The summed E-state index contributed by atoms with van der Waals surface area (Å²) in [5.41, 5.74) is 0.327. The lowest BCUT2D eigenvalue weighted by Gasteiger charge is -2.19. The molecule has 8 heteroatoms. The van der Waals surface area contributed by atoms with Crippen LogP contribution in [0.3, 0.4) is 0 Å². The third-order valence-electron chi connectivity index (χ3n) is 4.34. The van der Waals surface area contributed by atoms with Crippen molar-refractivity contribution in [2.75, 3.05) is 6.54 Å². The van der Waals surface area contributed by atoms with Crippen molar-refractivity contribution in [3.8, 4) is 0 Å². The second-order valence-electron chi connectivity index (χ2n) is 6.27. The molecule has 1 amide bonds. The van der Waals surface area contributed by atoms with Crippen LogP contribution in [-0.2, 0) is 6.18 Å². The summed E-state index contributed by atoms with van der Waals surface area (Å²) in [6, 6.07) is 14.2. The number of hydrogen-bond donors (Lipinski definition) is 1. The minimum atomic E-state index is -4.55. The molecule has 1 aromatic heterocycles. The summed E-state index contributed by atoms with van der Waals surface area (Å²) in [4.78, 5) is 15.9. The van der Waals surface area contributed by atoms with Crippen LogP contribution in [0.4, 0.5) is 17.6 Å². The van der Waals surface area contributed by atoms with Crippen molar-refractivity contribution in [3.63, 3.8) is 0 Å². The van der Waals surface area contributed by atoms with Gasteiger partial charge in [0.05, 0.1) is 10.6 Å². The standard InChI is InChI=1S/C21H15ClF4N2O/c22-18-4-2-1-3-16(18)20(29)28-12-17(13-5-8-15(23)9-6-13)14-7-10-19(27-11-14)21(24,25)26/h1-11,17H,12H2,(H,28,29). The molecule has 3 nitrogen and oxygen atoms in total. The molecular weight excluding hydrogens is 408 g/mol. The summed E-state index contributed by atoms with van der Waals surface area (Å²) in [5.74, 6) is -1.41. The van der Waals surface area contributed by atoms with Gasteiger partial charge in [0.15, 0.2) is 0 Å². The lowest BCUT2D eigenvalue weighted by atomic mass is 9.92. The van der Waals surface area contributed by atoms with Gasteiger partial charge in [-0.2, -0.15) is 13.2 Å². The largest absolute Gasteiger partial charge is 0.433 e. The van der Waals surface area contributed by atoms with E-state index in [2.05, 4.69) is 10.3 Å². The first-order chi connectivity index (χ1) is 13.8. The average molecular weight is 423 g/mol. The number of carbonyl (C=O) groups is 1. The molecule has 3 aromatic rings. The number of aromatic nitrogens is 1. The molecule has 1 N–H and O–H groups in total. The number of halogens is 5. The topological polar surface area (TPSA) is 42.0 Å². The Hall–Kier alpha value is -2.93. The van der Waals surface area contributed by atoms with Gasteiger partial charge < -0.3 is 5.32 Å². The number of benzene rings is 2. The van der Waals surface area contributed by atoms with Crippen LogP contribution in [0.1, 0.15) is 33.1 Å². The highest BCUT2D eigenvalue weighted by atomic mass is 35.5. The van der Waals surface area contributed by atoms with Crippen molar-refractivity contribution in [2.24, 2.45) is 0 Å². The molecule has 3 rings (SSSR count). The number of rotatable bonds is 5. The predicted octanol–water partition coefficient (Wildman–Crippen LogP) is 5.45. The van der Waals surface area contributed by atoms with E-state index in [1.807, 2.05) is 0 Å². The van der Waals surface area contributed by atoms with Gasteiger partial charge in [0.2, 0.25) is 0 Å². The summed E-state index contributed by atoms with van der Waals surface area (Å²) in [6.45, 7) is 0.0583. The molecule has 0 saturated heterocycles. The fraction of sp³-hybridized carbons (Fsp3) is 0.143. The molecule has 0 saturated carbocycles. The Morgan fingerprint density at radius 2 is 1.66 bits per heavy atom. The van der Waals surface area contributed by atoms with Gasteiger partial charge in [0, 0.05) is 18.7 Å². The second kappa shape index (κ2) is 8.61. The lowest BCUT2D eigenvalue weighted by molar-refractivity contribution is -0.141. The average Bonchev–Trinajstić information content (AvgIpc) is 2.69. The monoisotopic (exact) mass is 422 g/mol. The third-order valence-corrected chi connectivity index (χ3v) is 4.67. The number of hydrogen-bond acceptors (Lipinski definition) is 2. The first-order valence-electron chi connectivity index (χ1n) is 8.57. The number of amides is 1. The van der Waals surface area contributed by atoms with Crippen LogP contribution in [0.5, 0.6) is 0 Å². The molecule has 29 heavy (non-hydrogen) atoms. The van der Waals surface area contributed by atoms with E-state index in [-0.39, 0.29) is 17.1 Å². The Bertz CT molecular complexity index is 989. The second-order valence-corrected chi connectivity index (χ2v) is 6.68. The number of alkyl halides is 3. The minimum Gasteiger partial charge on any atom is -0.351 e. The van der Waals surface area contributed by atoms with E-state index in [0.29, 0.717) is 11.1 Å². The Balaban J connectivity index is 1.87. The highest BCUT2D eigenvalue weighted by Crippen LogP contribution is 2.30. The van der Waals surface area contributed by atoms with Gasteiger partial charge in [-0.25, -0.2) is 4.39 Å². The molecule has 0 aliphatic carbocycles. The molecule has 0 aliphatic rings. The lowest BCUT2D eigenvalue weighted by Crippen LogP contribution is -2.29. The van der Waals surface area contributed by atoms with Gasteiger partial charge in [-0.3, -0.25) is 9.78 Å². The van der Waals surface area contributed by atoms with Gasteiger partial charge in [-0.15, -0.1) is 0 Å². The third kappa shape index (κ3) is 5.12. The van der Waals surface area contributed by atoms with Crippen molar-refractivity contribution >= 4 is 17.5 Å². The number of nitrogens with one attached hydrogen (secondary N) is 1.